The maximum Gasteiger partial charge on any atom is 0.261 e. The van der Waals surface area contributed by atoms with Crippen molar-refractivity contribution in [2.45, 2.75) is 25.6 Å². The number of nitrogens with one attached hydrogen (secondary N) is 1. The Kier molecular flexibility index (Phi) is 8.97. The molecule has 2 amide bonds. The summed E-state index contributed by atoms with van der Waals surface area (Å²) in [5, 5.41) is 2.93. The fraction of sp³-hybridized carbons (Fsp3) is 0.200. The van der Waals surface area contributed by atoms with Crippen molar-refractivity contribution in [2.75, 3.05) is 13.7 Å². The largest absolute Gasteiger partial charge is 0.497 e. The van der Waals surface area contributed by atoms with Crippen molar-refractivity contribution in [1.29, 1.82) is 0 Å². The van der Waals surface area contributed by atoms with Crippen LogP contribution < -0.4 is 14.8 Å². The summed E-state index contributed by atoms with van der Waals surface area (Å²) in [5.41, 5.74) is 1.81. The van der Waals surface area contributed by atoms with E-state index in [-0.39, 0.29) is 31.5 Å². The van der Waals surface area contributed by atoms with Crippen molar-refractivity contribution in [3.05, 3.63) is 120 Å². The molecule has 0 saturated carbocycles. The zero-order valence-corrected chi connectivity index (χ0v) is 20.7. The van der Waals surface area contributed by atoms with E-state index in [1.807, 2.05) is 72.8 Å². The lowest BCUT2D eigenvalue weighted by Gasteiger charge is -2.31. The molecule has 4 aromatic rings. The highest BCUT2D eigenvalue weighted by Crippen LogP contribution is 2.18. The number of ether oxygens (including phenoxy) is 2. The average Bonchev–Trinajstić information content (AvgIpc) is 3.47. The van der Waals surface area contributed by atoms with E-state index >= 15 is 0 Å². The molecule has 0 aliphatic heterocycles. The SMILES string of the molecule is COc1ccc(CN(C(=O)COc2ccccc2)C(Cc2ccccc2)C(=O)NCc2ccco2)cc1. The van der Waals surface area contributed by atoms with Gasteiger partial charge in [-0.1, -0.05) is 60.7 Å². The molecule has 0 spiro atoms. The first-order valence-corrected chi connectivity index (χ1v) is 12.1. The minimum absolute atomic E-state index is 0.197. The van der Waals surface area contributed by atoms with E-state index in [9.17, 15) is 9.59 Å². The lowest BCUT2D eigenvalue weighted by atomic mass is 10.0. The van der Waals surface area contributed by atoms with Crippen molar-refractivity contribution in [2.24, 2.45) is 0 Å². The summed E-state index contributed by atoms with van der Waals surface area (Å²) in [4.78, 5) is 28.7. The van der Waals surface area contributed by atoms with E-state index in [4.69, 9.17) is 13.9 Å². The fourth-order valence-corrected chi connectivity index (χ4v) is 3.93. The topological polar surface area (TPSA) is 81.0 Å². The first-order chi connectivity index (χ1) is 18.1. The number of rotatable bonds is 12. The van der Waals surface area contributed by atoms with Crippen molar-refractivity contribution in [1.82, 2.24) is 10.2 Å². The second-order valence-electron chi connectivity index (χ2n) is 8.47. The third-order valence-electron chi connectivity index (χ3n) is 5.91. The molecule has 0 aliphatic rings. The van der Waals surface area contributed by atoms with Crippen LogP contribution in [0.3, 0.4) is 0 Å². The summed E-state index contributed by atoms with van der Waals surface area (Å²) in [6.07, 6.45) is 1.90. The molecule has 0 radical (unpaired) electrons. The highest BCUT2D eigenvalue weighted by Gasteiger charge is 2.30. The van der Waals surface area contributed by atoms with Crippen LogP contribution in [0.4, 0.5) is 0 Å². The molecule has 0 saturated heterocycles. The van der Waals surface area contributed by atoms with Crippen molar-refractivity contribution >= 4 is 11.8 Å². The Morgan fingerprint density at radius 2 is 1.54 bits per heavy atom. The van der Waals surface area contributed by atoms with Crippen molar-refractivity contribution in [3.63, 3.8) is 0 Å². The van der Waals surface area contributed by atoms with Crippen LogP contribution in [-0.4, -0.2) is 36.5 Å². The molecule has 1 N–H and O–H groups in total. The molecule has 1 atom stereocenters. The Bertz CT molecular complexity index is 1240. The maximum atomic E-state index is 13.6. The van der Waals surface area contributed by atoms with Gasteiger partial charge in [0.1, 0.15) is 23.3 Å². The number of nitrogens with zero attached hydrogens (tertiary/aromatic N) is 1. The molecule has 7 heteroatoms. The summed E-state index contributed by atoms with van der Waals surface area (Å²) in [7, 11) is 1.60. The number of hydrogen-bond donors (Lipinski definition) is 1. The molecule has 0 aliphatic carbocycles. The normalized spacial score (nSPS) is 11.4. The van der Waals surface area contributed by atoms with Gasteiger partial charge in [-0.15, -0.1) is 0 Å². The van der Waals surface area contributed by atoms with Gasteiger partial charge in [0.25, 0.3) is 5.91 Å². The smallest absolute Gasteiger partial charge is 0.261 e. The number of amides is 2. The third kappa shape index (κ3) is 7.48. The number of furan rings is 1. The molecule has 1 heterocycles. The van der Waals surface area contributed by atoms with E-state index in [2.05, 4.69) is 5.32 Å². The van der Waals surface area contributed by atoms with Gasteiger partial charge < -0.3 is 24.1 Å². The van der Waals surface area contributed by atoms with Crippen LogP contribution in [0.2, 0.25) is 0 Å². The Balaban J connectivity index is 1.60. The molecule has 1 unspecified atom stereocenters. The molecule has 37 heavy (non-hydrogen) atoms. The number of carbonyl (C=O) groups is 2. The quantitative estimate of drug-likeness (QED) is 0.308. The monoisotopic (exact) mass is 498 g/mol. The highest BCUT2D eigenvalue weighted by molar-refractivity contribution is 5.88. The highest BCUT2D eigenvalue weighted by atomic mass is 16.5. The number of methoxy groups -OCH3 is 1. The summed E-state index contributed by atoms with van der Waals surface area (Å²) in [5.74, 6) is 1.36. The van der Waals surface area contributed by atoms with Gasteiger partial charge in [-0.2, -0.15) is 0 Å². The number of para-hydroxylation sites is 1. The molecule has 7 nitrogen and oxygen atoms in total. The fourth-order valence-electron chi connectivity index (χ4n) is 3.93. The molecule has 0 bridgehead atoms. The van der Waals surface area contributed by atoms with Gasteiger partial charge in [0.15, 0.2) is 6.61 Å². The third-order valence-corrected chi connectivity index (χ3v) is 5.91. The van der Waals surface area contributed by atoms with Crippen molar-refractivity contribution in [3.8, 4) is 11.5 Å². The standard InChI is InChI=1S/C30H30N2O5/c1-35-25-16-14-24(15-17-25)21-32(29(33)22-37-26-11-6-3-7-12-26)28(19-23-9-4-2-5-10-23)30(34)31-20-27-13-8-18-36-27/h2-18,28H,19-22H2,1H3,(H,31,34). The lowest BCUT2D eigenvalue weighted by molar-refractivity contribution is -0.142. The number of hydrogen-bond acceptors (Lipinski definition) is 5. The molecule has 1 aromatic heterocycles. The van der Waals surface area contributed by atoms with Gasteiger partial charge in [-0.25, -0.2) is 0 Å². The predicted octanol–water partition coefficient (Wildman–Crippen LogP) is 4.62. The molecule has 190 valence electrons. The number of benzene rings is 3. The summed E-state index contributed by atoms with van der Waals surface area (Å²) in [6, 6.07) is 29.0. The molecule has 0 fully saturated rings. The van der Waals surface area contributed by atoms with Gasteiger partial charge in [0.05, 0.1) is 19.9 Å². The molecule has 4 rings (SSSR count). The Morgan fingerprint density at radius 1 is 0.838 bits per heavy atom. The van der Waals surface area contributed by atoms with Gasteiger partial charge in [-0.05, 0) is 47.5 Å². The average molecular weight is 499 g/mol. The van der Waals surface area contributed by atoms with Gasteiger partial charge in [-0.3, -0.25) is 9.59 Å². The first kappa shape index (κ1) is 25.6. The van der Waals surface area contributed by atoms with Crippen LogP contribution in [-0.2, 0) is 29.1 Å². The summed E-state index contributed by atoms with van der Waals surface area (Å²) < 4.78 is 16.4. The minimum Gasteiger partial charge on any atom is -0.497 e. The van der Waals surface area contributed by atoms with E-state index < -0.39 is 6.04 Å². The van der Waals surface area contributed by atoms with E-state index in [0.717, 1.165) is 11.1 Å². The number of carbonyl (C=O) groups excluding carboxylic acids is 2. The Hall–Kier alpha value is -4.52. The zero-order valence-electron chi connectivity index (χ0n) is 20.7. The van der Waals surface area contributed by atoms with Crippen LogP contribution in [0, 0.1) is 0 Å². The first-order valence-electron chi connectivity index (χ1n) is 12.1. The van der Waals surface area contributed by atoms with Crippen LogP contribution in [0.1, 0.15) is 16.9 Å². The van der Waals surface area contributed by atoms with Gasteiger partial charge >= 0.3 is 0 Å². The van der Waals surface area contributed by atoms with Crippen molar-refractivity contribution < 1.29 is 23.5 Å². The molecule has 3 aromatic carbocycles. The lowest BCUT2D eigenvalue weighted by Crippen LogP contribution is -2.51. The minimum atomic E-state index is -0.772. The van der Waals surface area contributed by atoms with Gasteiger partial charge in [0, 0.05) is 13.0 Å². The second-order valence-corrected chi connectivity index (χ2v) is 8.47. The second kappa shape index (κ2) is 13.0. The zero-order chi connectivity index (χ0) is 25.9. The van der Waals surface area contributed by atoms with E-state index in [1.54, 1.807) is 42.5 Å². The van der Waals surface area contributed by atoms with E-state index in [1.165, 1.54) is 0 Å². The van der Waals surface area contributed by atoms with Crippen LogP contribution >= 0.6 is 0 Å². The maximum absolute atomic E-state index is 13.6. The summed E-state index contributed by atoms with van der Waals surface area (Å²) in [6.45, 7) is 0.256. The van der Waals surface area contributed by atoms with Gasteiger partial charge in [0.2, 0.25) is 5.91 Å². The predicted molar refractivity (Wildman–Crippen MR) is 140 cm³/mol. The van der Waals surface area contributed by atoms with Crippen LogP contribution in [0.15, 0.2) is 108 Å². The van der Waals surface area contributed by atoms with E-state index in [0.29, 0.717) is 23.7 Å². The molecular weight excluding hydrogens is 468 g/mol. The van der Waals surface area contributed by atoms with Crippen LogP contribution in [0.25, 0.3) is 0 Å². The summed E-state index contributed by atoms with van der Waals surface area (Å²) >= 11 is 0. The molecular formula is C30H30N2O5. The Morgan fingerprint density at radius 3 is 2.19 bits per heavy atom. The Labute approximate surface area is 216 Å². The van der Waals surface area contributed by atoms with Crippen LogP contribution in [0.5, 0.6) is 11.5 Å².